The van der Waals surface area contributed by atoms with Crippen LogP contribution in [0.1, 0.15) is 49.0 Å². The van der Waals surface area contributed by atoms with Crippen molar-refractivity contribution in [3.05, 3.63) is 35.4 Å². The molecule has 1 heterocycles. The molecule has 1 saturated heterocycles. The van der Waals surface area contributed by atoms with Crippen molar-refractivity contribution in [3.8, 4) is 0 Å². The minimum absolute atomic E-state index is 0.0775. The lowest BCUT2D eigenvalue weighted by Crippen LogP contribution is -2.37. The minimum Gasteiger partial charge on any atom is -0.379 e. The van der Waals surface area contributed by atoms with E-state index in [-0.39, 0.29) is 12.0 Å². The molecule has 1 aromatic rings. The average Bonchev–Trinajstić information content (AvgIpc) is 3.27. The second-order valence-electron chi connectivity index (χ2n) is 7.09. The van der Waals surface area contributed by atoms with Crippen molar-refractivity contribution in [1.82, 2.24) is 15.5 Å². The average molecular weight is 405 g/mol. The van der Waals surface area contributed by atoms with Crippen molar-refractivity contribution in [2.24, 2.45) is 4.99 Å². The van der Waals surface area contributed by atoms with E-state index < -0.39 is 0 Å². The highest BCUT2D eigenvalue weighted by Crippen LogP contribution is 2.12. The summed E-state index contributed by atoms with van der Waals surface area (Å²) in [6.45, 7) is 9.15. The maximum Gasteiger partial charge on any atom is 0.253 e. The highest BCUT2D eigenvalue weighted by molar-refractivity contribution is 5.94. The summed E-state index contributed by atoms with van der Waals surface area (Å²) in [5.74, 6) is 0.834. The molecule has 0 saturated carbocycles. The molecule has 1 unspecified atom stereocenters. The van der Waals surface area contributed by atoms with Crippen molar-refractivity contribution >= 4 is 11.9 Å². The largest absolute Gasteiger partial charge is 0.379 e. The highest BCUT2D eigenvalue weighted by atomic mass is 16.5. The summed E-state index contributed by atoms with van der Waals surface area (Å²) in [6.07, 6.45) is 3.45. The Labute approximate surface area is 174 Å². The number of nitrogens with one attached hydrogen (secondary N) is 2. The topological polar surface area (TPSA) is 75.2 Å². The molecule has 0 aromatic heterocycles. The number of carbonyl (C=O) groups is 1. The molecule has 162 valence electrons. The molecule has 1 fully saturated rings. The molecular weight excluding hydrogens is 368 g/mol. The predicted molar refractivity (Wildman–Crippen MR) is 116 cm³/mol. The summed E-state index contributed by atoms with van der Waals surface area (Å²) >= 11 is 0. The SMILES string of the molecule is CCN(CC)C(=O)c1ccc(CNC(=NC)NCCCOCC2CCCO2)cc1. The first-order valence-electron chi connectivity index (χ1n) is 10.7. The van der Waals surface area contributed by atoms with Crippen LogP contribution >= 0.6 is 0 Å². The zero-order valence-corrected chi connectivity index (χ0v) is 18.1. The Morgan fingerprint density at radius 1 is 1.24 bits per heavy atom. The third-order valence-corrected chi connectivity index (χ3v) is 5.02. The van der Waals surface area contributed by atoms with E-state index in [1.54, 1.807) is 7.05 Å². The normalized spacial score (nSPS) is 16.7. The monoisotopic (exact) mass is 404 g/mol. The molecule has 0 aliphatic carbocycles. The molecule has 1 aromatic carbocycles. The fraction of sp³-hybridized carbons (Fsp3) is 0.636. The lowest BCUT2D eigenvalue weighted by Gasteiger charge is -2.18. The molecule has 29 heavy (non-hydrogen) atoms. The van der Waals surface area contributed by atoms with Crippen LogP contribution in [0.2, 0.25) is 0 Å². The van der Waals surface area contributed by atoms with E-state index in [0.717, 1.165) is 62.6 Å². The number of rotatable bonds is 11. The number of nitrogens with zero attached hydrogens (tertiary/aromatic N) is 2. The number of hydrogen-bond acceptors (Lipinski definition) is 4. The Morgan fingerprint density at radius 3 is 2.62 bits per heavy atom. The van der Waals surface area contributed by atoms with Gasteiger partial charge in [-0.3, -0.25) is 9.79 Å². The van der Waals surface area contributed by atoms with Crippen LogP contribution in [0.4, 0.5) is 0 Å². The third-order valence-electron chi connectivity index (χ3n) is 5.02. The molecule has 1 aliphatic rings. The van der Waals surface area contributed by atoms with Gasteiger partial charge in [-0.05, 0) is 50.8 Å². The van der Waals surface area contributed by atoms with E-state index in [2.05, 4.69) is 15.6 Å². The number of benzene rings is 1. The molecule has 2 rings (SSSR count). The van der Waals surface area contributed by atoms with Gasteiger partial charge in [0.25, 0.3) is 5.91 Å². The van der Waals surface area contributed by atoms with Crippen molar-refractivity contribution in [1.29, 1.82) is 0 Å². The summed E-state index contributed by atoms with van der Waals surface area (Å²) < 4.78 is 11.2. The molecule has 1 atom stereocenters. The Balaban J connectivity index is 1.64. The van der Waals surface area contributed by atoms with Crippen LogP contribution in [0.5, 0.6) is 0 Å². The van der Waals surface area contributed by atoms with Gasteiger partial charge in [-0.25, -0.2) is 0 Å². The molecule has 0 spiro atoms. The van der Waals surface area contributed by atoms with Gasteiger partial charge in [0.1, 0.15) is 0 Å². The second-order valence-corrected chi connectivity index (χ2v) is 7.09. The van der Waals surface area contributed by atoms with Crippen LogP contribution in [-0.4, -0.2) is 69.4 Å². The van der Waals surface area contributed by atoms with Gasteiger partial charge >= 0.3 is 0 Å². The minimum atomic E-state index is 0.0775. The van der Waals surface area contributed by atoms with E-state index in [4.69, 9.17) is 9.47 Å². The number of guanidine groups is 1. The van der Waals surface area contributed by atoms with Crippen LogP contribution in [0.3, 0.4) is 0 Å². The van der Waals surface area contributed by atoms with Gasteiger partial charge in [-0.2, -0.15) is 0 Å². The van der Waals surface area contributed by atoms with Crippen LogP contribution in [0.25, 0.3) is 0 Å². The summed E-state index contributed by atoms with van der Waals surface area (Å²) in [7, 11) is 1.76. The number of amides is 1. The van der Waals surface area contributed by atoms with E-state index in [0.29, 0.717) is 19.8 Å². The zero-order valence-electron chi connectivity index (χ0n) is 18.1. The Morgan fingerprint density at radius 2 is 2.00 bits per heavy atom. The number of hydrogen-bond donors (Lipinski definition) is 2. The fourth-order valence-electron chi connectivity index (χ4n) is 3.24. The highest BCUT2D eigenvalue weighted by Gasteiger charge is 2.15. The van der Waals surface area contributed by atoms with Gasteiger partial charge in [0, 0.05) is 52.0 Å². The van der Waals surface area contributed by atoms with E-state index >= 15 is 0 Å². The van der Waals surface area contributed by atoms with Gasteiger partial charge in [-0.15, -0.1) is 0 Å². The van der Waals surface area contributed by atoms with Crippen molar-refractivity contribution < 1.29 is 14.3 Å². The fourth-order valence-corrected chi connectivity index (χ4v) is 3.24. The van der Waals surface area contributed by atoms with Crippen molar-refractivity contribution in [2.75, 3.05) is 46.5 Å². The predicted octanol–water partition coefficient (Wildman–Crippen LogP) is 2.42. The molecule has 1 amide bonds. The number of carbonyl (C=O) groups excluding carboxylic acids is 1. The third kappa shape index (κ3) is 8.03. The standard InChI is InChI=1S/C22H36N4O3/c1-4-26(5-2)21(27)19-11-9-18(10-12-19)16-25-22(23-3)24-13-7-14-28-17-20-8-6-15-29-20/h9-12,20H,4-8,13-17H2,1-3H3,(H2,23,24,25). The number of aliphatic imine (C=N–C) groups is 1. The zero-order chi connectivity index (χ0) is 20.9. The summed E-state index contributed by atoms with van der Waals surface area (Å²) in [6, 6.07) is 7.74. The van der Waals surface area contributed by atoms with Crippen LogP contribution in [-0.2, 0) is 16.0 Å². The molecule has 7 heteroatoms. The van der Waals surface area contributed by atoms with Crippen LogP contribution < -0.4 is 10.6 Å². The summed E-state index contributed by atoms with van der Waals surface area (Å²) in [5.41, 5.74) is 1.83. The maximum atomic E-state index is 12.4. The first-order valence-corrected chi connectivity index (χ1v) is 10.7. The molecule has 0 bridgehead atoms. The number of ether oxygens (including phenoxy) is 2. The first kappa shape index (κ1) is 23.2. The van der Waals surface area contributed by atoms with Gasteiger partial charge < -0.3 is 25.0 Å². The molecule has 1 aliphatic heterocycles. The van der Waals surface area contributed by atoms with Crippen LogP contribution in [0, 0.1) is 0 Å². The molecular formula is C22H36N4O3. The quantitative estimate of drug-likeness (QED) is 0.337. The van der Waals surface area contributed by atoms with Crippen LogP contribution in [0.15, 0.2) is 29.3 Å². The Hall–Kier alpha value is -2.12. The lowest BCUT2D eigenvalue weighted by atomic mass is 10.1. The molecule has 7 nitrogen and oxygen atoms in total. The Kier molecular flexibility index (Phi) is 10.5. The summed E-state index contributed by atoms with van der Waals surface area (Å²) in [5, 5.41) is 6.59. The van der Waals surface area contributed by atoms with E-state index in [9.17, 15) is 4.79 Å². The van der Waals surface area contributed by atoms with Gasteiger partial charge in [0.2, 0.25) is 0 Å². The lowest BCUT2D eigenvalue weighted by molar-refractivity contribution is 0.0168. The molecule has 2 N–H and O–H groups in total. The maximum absolute atomic E-state index is 12.4. The van der Waals surface area contributed by atoms with Gasteiger partial charge in [0.15, 0.2) is 5.96 Å². The second kappa shape index (κ2) is 13.2. The first-order chi connectivity index (χ1) is 14.2. The Bertz CT molecular complexity index is 623. The van der Waals surface area contributed by atoms with Gasteiger partial charge in [0.05, 0.1) is 12.7 Å². The van der Waals surface area contributed by atoms with Gasteiger partial charge in [-0.1, -0.05) is 12.1 Å². The van der Waals surface area contributed by atoms with Crippen molar-refractivity contribution in [3.63, 3.8) is 0 Å². The summed E-state index contributed by atoms with van der Waals surface area (Å²) in [4.78, 5) is 18.4. The molecule has 0 radical (unpaired) electrons. The van der Waals surface area contributed by atoms with E-state index in [1.165, 1.54) is 0 Å². The van der Waals surface area contributed by atoms with E-state index in [1.807, 2.05) is 43.0 Å². The smallest absolute Gasteiger partial charge is 0.253 e. The van der Waals surface area contributed by atoms with Crippen molar-refractivity contribution in [2.45, 2.75) is 45.8 Å².